The third-order valence-corrected chi connectivity index (χ3v) is 58.5. The first-order chi connectivity index (χ1) is 60.3. The van der Waals surface area contributed by atoms with E-state index in [1.54, 1.807) is 82.5 Å². The molecule has 0 aliphatic carbocycles. The van der Waals surface area contributed by atoms with E-state index in [9.17, 15) is 0 Å². The second-order valence-corrected chi connectivity index (χ2v) is 84.7. The van der Waals surface area contributed by atoms with Crippen LogP contribution >= 0.6 is 145 Å². The molecule has 10 rings (SSSR count). The van der Waals surface area contributed by atoms with Crippen LogP contribution in [0.2, 0.25) is 29.6 Å². The summed E-state index contributed by atoms with van der Waals surface area (Å²) in [6.07, 6.45) is 92.8. The van der Waals surface area contributed by atoms with Crippen LogP contribution in [-0.4, -0.2) is 36.8 Å². The van der Waals surface area contributed by atoms with E-state index in [1.807, 2.05) is 68.0 Å². The molecule has 0 fully saturated rings. The summed E-state index contributed by atoms with van der Waals surface area (Å²) < 4.78 is 14.0. The van der Waals surface area contributed by atoms with Gasteiger partial charge in [-0.25, -0.2) is 0 Å². The van der Waals surface area contributed by atoms with E-state index in [2.05, 4.69) is 197 Å². The normalized spacial score (nSPS) is 12.1. The van der Waals surface area contributed by atoms with Gasteiger partial charge < -0.3 is 0 Å². The molecule has 0 spiro atoms. The van der Waals surface area contributed by atoms with Crippen molar-refractivity contribution in [3.8, 4) is 9.75 Å². The zero-order valence-electron chi connectivity index (χ0n) is 82.0. The molecular formula is C110H180Br2S10Sn2. The van der Waals surface area contributed by atoms with Gasteiger partial charge in [-0.3, -0.25) is 0 Å². The van der Waals surface area contributed by atoms with Crippen LogP contribution in [0, 0.1) is 13.8 Å². The summed E-state index contributed by atoms with van der Waals surface area (Å²) in [5, 5.41) is 12.9. The third-order valence-electron chi connectivity index (χ3n) is 26.0. The fraction of sp³-hybridized carbons (Fsp3) is 0.727. The van der Waals surface area contributed by atoms with Crippen LogP contribution in [0.5, 0.6) is 0 Å². The van der Waals surface area contributed by atoms with Crippen LogP contribution in [0.25, 0.3) is 56.8 Å². The molecule has 0 aliphatic rings. The predicted molar refractivity (Wildman–Crippen MR) is 602 cm³/mol. The Labute approximate surface area is 829 Å². The Kier molecular flexibility index (Phi) is 60.6. The van der Waals surface area contributed by atoms with Crippen molar-refractivity contribution in [1.29, 1.82) is 0 Å². The van der Waals surface area contributed by atoms with E-state index in [0.717, 1.165) is 0 Å². The van der Waals surface area contributed by atoms with Gasteiger partial charge in [-0.2, -0.15) is 0 Å². The number of fused-ring (bicyclic) bond motifs is 5. The zero-order chi connectivity index (χ0) is 88.8. The summed E-state index contributed by atoms with van der Waals surface area (Å²) in [6, 6.07) is 9.87. The van der Waals surface area contributed by atoms with Crippen molar-refractivity contribution in [2.45, 2.75) is 509 Å². The van der Waals surface area contributed by atoms with Crippen molar-refractivity contribution in [3.05, 3.63) is 85.7 Å². The number of hydrogen-bond donors (Lipinski definition) is 0. The van der Waals surface area contributed by atoms with E-state index in [4.69, 9.17) is 0 Å². The number of aryl methyl sites for hydroxylation is 8. The van der Waals surface area contributed by atoms with Gasteiger partial charge in [-0.05, 0) is 179 Å². The molecule has 14 heteroatoms. The summed E-state index contributed by atoms with van der Waals surface area (Å²) in [6.45, 7) is 18.5. The molecule has 702 valence electrons. The summed E-state index contributed by atoms with van der Waals surface area (Å²) in [5.74, 6) is 0. The zero-order valence-corrected chi connectivity index (χ0v) is 99.0. The molecule has 0 unspecified atom stereocenters. The molecule has 124 heavy (non-hydrogen) atoms. The Balaban J connectivity index is 0.000000236. The average Bonchev–Trinajstić information content (AvgIpc) is 1.61. The Morgan fingerprint density at radius 3 is 0.831 bits per heavy atom. The Bertz CT molecular complexity index is 4080. The Hall–Kier alpha value is 0.857. The van der Waals surface area contributed by atoms with Gasteiger partial charge in [0.05, 0.1) is 23.6 Å². The molecule has 0 saturated heterocycles. The van der Waals surface area contributed by atoms with Gasteiger partial charge in [0.15, 0.2) is 0 Å². The van der Waals surface area contributed by atoms with Crippen LogP contribution in [0.15, 0.2) is 42.6 Å². The maximum atomic E-state index is 3.91. The SMILES string of the molecule is CCCCCCCCCCCCc1c(Br)sc2sc(Br)c(CCCCCCCCCCCC)c12.CCCCCCCCCCCCc1c(C)sc2sc(-c3cc4cc(C)sc4s3)c(CCCCCCCCCCCC)c12.CCCCCCCCCCCCc1csc2scc(CCCCCCCCCCCC)c12.[CH3][Sn]([CH3])([CH3])[c]1cc2c[c]([Sn]([CH3])([CH3])[CH3])sc2s1. The number of thiophene rings is 10. The van der Waals surface area contributed by atoms with Gasteiger partial charge in [0, 0.05) is 41.1 Å². The molecule has 0 aromatic carbocycles. The topological polar surface area (TPSA) is 0 Å². The van der Waals surface area contributed by atoms with Crippen molar-refractivity contribution in [2.75, 3.05) is 0 Å². The molecule has 10 aromatic rings. The van der Waals surface area contributed by atoms with E-state index in [-0.39, 0.29) is 0 Å². The van der Waals surface area contributed by atoms with Crippen LogP contribution in [0.3, 0.4) is 0 Å². The molecule has 10 aromatic heterocycles. The van der Waals surface area contributed by atoms with Crippen molar-refractivity contribution in [3.63, 3.8) is 0 Å². The molecule has 10 heterocycles. The molecule has 0 N–H and O–H groups in total. The van der Waals surface area contributed by atoms with Gasteiger partial charge in [0.1, 0.15) is 0 Å². The fourth-order valence-corrected chi connectivity index (χ4v) is 44.7. The van der Waals surface area contributed by atoms with Crippen molar-refractivity contribution >= 4 is 235 Å². The number of hydrogen-bond acceptors (Lipinski definition) is 10. The molecule has 0 atom stereocenters. The van der Waals surface area contributed by atoms with Crippen LogP contribution in [-0.2, 0) is 38.5 Å². The first-order valence-electron chi connectivity index (χ1n) is 52.3. The first-order valence-corrected chi connectivity index (χ1v) is 82.1. The van der Waals surface area contributed by atoms with Crippen molar-refractivity contribution in [1.82, 2.24) is 0 Å². The standard InChI is InChI=1S/C38H58S4.C30H50Br2S2.C30H52S2.C6H2S2.6CH3.2Sn/c1-5-7-9-11-13-15-17-19-21-23-25-32-30(4)40-38-35(32)33(26-24-22-20-18-16-14-12-10-8-6-2)36(42-38)34-28-31-27-29(3)39-37(31)41-34;1-3-5-7-9-11-13-15-17-19-21-23-25-27-26(29(32)34-30(27)33-28(25)31)24-22-20-18-16-14-12-10-8-6-4-2;1-3-5-7-9-11-13-15-17-19-21-23-27-25-31-30-29(27)28(26-32-30)24-22-20-18-16-14-12-10-8-6-4-2;1-3-7-6-5(1)2-4-8-6;;;;;;;;/h27-28H,5-26H2,1-4H3;3-24H2,1-2H3;25-26H,3-24H2,1-2H3;1-2H;6*1H3;;. The van der Waals surface area contributed by atoms with Crippen LogP contribution < -0.4 is 5.79 Å². The summed E-state index contributed by atoms with van der Waals surface area (Å²) in [4.78, 5) is 21.2. The number of unbranched alkanes of at least 4 members (excludes halogenated alkanes) is 54. The van der Waals surface area contributed by atoms with Gasteiger partial charge in [0.25, 0.3) is 0 Å². The Morgan fingerprint density at radius 1 is 0.242 bits per heavy atom. The molecule has 0 aliphatic heterocycles. The molecule has 0 bridgehead atoms. The average molecular weight is 2220 g/mol. The predicted octanol–water partition coefficient (Wildman–Crippen LogP) is 44.8. The third kappa shape index (κ3) is 42.6. The number of halogens is 2. The van der Waals surface area contributed by atoms with Crippen LogP contribution in [0.1, 0.15) is 470 Å². The number of rotatable bonds is 69. The fourth-order valence-electron chi connectivity index (χ4n) is 18.2. The van der Waals surface area contributed by atoms with Crippen LogP contribution in [0.4, 0.5) is 0 Å². The second-order valence-electron chi connectivity index (χ2n) is 39.5. The molecule has 0 radical (unpaired) electrons. The monoisotopic (exact) mass is 2220 g/mol. The maximum absolute atomic E-state index is 3.91. The van der Waals surface area contributed by atoms with Gasteiger partial charge >= 0.3 is 116 Å². The summed E-state index contributed by atoms with van der Waals surface area (Å²) >= 11 is 24.5. The first kappa shape index (κ1) is 112. The Morgan fingerprint density at radius 2 is 0.516 bits per heavy atom. The minimum atomic E-state index is -1.82. The van der Waals surface area contributed by atoms with E-state index in [1.165, 1.54) is 455 Å². The minimum absolute atomic E-state index is 1.24. The van der Waals surface area contributed by atoms with Crippen molar-refractivity contribution < 1.29 is 0 Å². The van der Waals surface area contributed by atoms with Gasteiger partial charge in [0.2, 0.25) is 0 Å². The quantitative estimate of drug-likeness (QED) is 0.0263. The second kappa shape index (κ2) is 67.1. The van der Waals surface area contributed by atoms with E-state index < -0.39 is 36.8 Å². The van der Waals surface area contributed by atoms with Gasteiger partial charge in [-0.1, -0.05) is 388 Å². The molecule has 0 saturated carbocycles. The molecule has 0 nitrogen and oxygen atoms in total. The molecular weight excluding hydrogens is 2040 g/mol. The van der Waals surface area contributed by atoms with Gasteiger partial charge in [-0.15, -0.1) is 90.7 Å². The van der Waals surface area contributed by atoms with E-state index in [0.29, 0.717) is 0 Å². The van der Waals surface area contributed by atoms with Crippen molar-refractivity contribution in [2.24, 2.45) is 0 Å². The summed E-state index contributed by atoms with van der Waals surface area (Å²) in [5.41, 5.74) is 9.92. The molecule has 0 amide bonds. The van der Waals surface area contributed by atoms with E-state index >= 15 is 0 Å². The summed E-state index contributed by atoms with van der Waals surface area (Å²) in [7, 11) is 0.